The number of alkyl halides is 2. The number of nitrogens with zero attached hydrogens (tertiary/aromatic N) is 3. The van der Waals surface area contributed by atoms with Crippen molar-refractivity contribution in [1.29, 1.82) is 0 Å². The van der Waals surface area contributed by atoms with Gasteiger partial charge >= 0.3 is 0 Å². The van der Waals surface area contributed by atoms with Crippen molar-refractivity contribution in [2.45, 2.75) is 25.3 Å². The first-order valence-corrected chi connectivity index (χ1v) is 8.48. The number of hydrogen-bond acceptors (Lipinski definition) is 3. The normalized spacial score (nSPS) is 17.1. The SMILES string of the molecule is CC(F)(F)COc1ccc([C@@H]2CC(=O)N2c2ccn3ccnc3c2)c(F)c1F. The van der Waals surface area contributed by atoms with Crippen LogP contribution in [0.25, 0.3) is 5.65 Å². The minimum atomic E-state index is -3.18. The molecule has 28 heavy (non-hydrogen) atoms. The minimum Gasteiger partial charge on any atom is -0.484 e. The Kier molecular flexibility index (Phi) is 4.24. The predicted octanol–water partition coefficient (Wildman–Crippen LogP) is 4.12. The first-order chi connectivity index (χ1) is 13.2. The van der Waals surface area contributed by atoms with Crippen LogP contribution in [0.15, 0.2) is 42.9 Å². The van der Waals surface area contributed by atoms with E-state index in [1.807, 2.05) is 0 Å². The number of imidazole rings is 1. The second-order valence-corrected chi connectivity index (χ2v) is 6.70. The number of ether oxygens (including phenoxy) is 1. The highest BCUT2D eigenvalue weighted by molar-refractivity contribution is 6.01. The summed E-state index contributed by atoms with van der Waals surface area (Å²) in [4.78, 5) is 17.6. The molecule has 0 saturated carbocycles. The Labute approximate surface area is 157 Å². The molecule has 0 spiro atoms. The molecule has 4 rings (SSSR count). The van der Waals surface area contributed by atoms with E-state index < -0.39 is 36.0 Å². The number of aromatic nitrogens is 2. The zero-order chi connectivity index (χ0) is 20.1. The third kappa shape index (κ3) is 3.17. The van der Waals surface area contributed by atoms with Gasteiger partial charge in [-0.2, -0.15) is 4.39 Å². The van der Waals surface area contributed by atoms with Crippen molar-refractivity contribution in [3.8, 4) is 5.75 Å². The van der Waals surface area contributed by atoms with Crippen LogP contribution in [0.3, 0.4) is 0 Å². The summed E-state index contributed by atoms with van der Waals surface area (Å²) in [5.74, 6) is -6.60. The molecule has 2 aromatic heterocycles. The van der Waals surface area contributed by atoms with Crippen LogP contribution in [0, 0.1) is 11.6 Å². The van der Waals surface area contributed by atoms with Gasteiger partial charge in [-0.1, -0.05) is 6.07 Å². The maximum Gasteiger partial charge on any atom is 0.278 e. The van der Waals surface area contributed by atoms with Crippen LogP contribution in [-0.2, 0) is 4.79 Å². The fraction of sp³-hybridized carbons (Fsp3) is 0.263. The van der Waals surface area contributed by atoms with Crippen LogP contribution in [0.5, 0.6) is 5.75 Å². The van der Waals surface area contributed by atoms with Crippen LogP contribution >= 0.6 is 0 Å². The first-order valence-electron chi connectivity index (χ1n) is 8.48. The molecule has 1 fully saturated rings. The van der Waals surface area contributed by atoms with Gasteiger partial charge in [0.05, 0.1) is 12.5 Å². The summed E-state index contributed by atoms with van der Waals surface area (Å²) in [5.41, 5.74) is 1.06. The van der Waals surface area contributed by atoms with E-state index >= 15 is 0 Å². The van der Waals surface area contributed by atoms with E-state index in [1.165, 1.54) is 11.0 Å². The van der Waals surface area contributed by atoms with Crippen LogP contribution in [0.1, 0.15) is 24.9 Å². The van der Waals surface area contributed by atoms with Crippen molar-refractivity contribution in [1.82, 2.24) is 9.38 Å². The van der Waals surface area contributed by atoms with Gasteiger partial charge in [-0.05, 0) is 12.1 Å². The lowest BCUT2D eigenvalue weighted by Gasteiger charge is -2.40. The number of carbonyl (C=O) groups is 1. The van der Waals surface area contributed by atoms with E-state index in [2.05, 4.69) is 9.72 Å². The van der Waals surface area contributed by atoms with E-state index in [1.54, 1.807) is 35.1 Å². The largest absolute Gasteiger partial charge is 0.484 e. The van der Waals surface area contributed by atoms with Crippen LogP contribution in [-0.4, -0.2) is 27.8 Å². The average molecular weight is 393 g/mol. The van der Waals surface area contributed by atoms with Crippen LogP contribution in [0.4, 0.5) is 23.2 Å². The molecule has 1 aliphatic heterocycles. The van der Waals surface area contributed by atoms with E-state index in [-0.39, 0.29) is 17.9 Å². The number of amides is 1. The Morgan fingerprint density at radius 2 is 2.00 bits per heavy atom. The Morgan fingerprint density at radius 3 is 2.71 bits per heavy atom. The lowest BCUT2D eigenvalue weighted by Crippen LogP contribution is -2.47. The fourth-order valence-electron chi connectivity index (χ4n) is 3.16. The molecular weight excluding hydrogens is 378 g/mol. The van der Waals surface area contributed by atoms with Crippen molar-refractivity contribution >= 4 is 17.2 Å². The van der Waals surface area contributed by atoms with Crippen molar-refractivity contribution in [2.24, 2.45) is 0 Å². The summed E-state index contributed by atoms with van der Waals surface area (Å²) in [5, 5.41) is 0. The molecular formula is C19H15F4N3O2. The fourth-order valence-corrected chi connectivity index (χ4v) is 3.16. The number of fused-ring (bicyclic) bond motifs is 1. The molecule has 0 N–H and O–H groups in total. The zero-order valence-corrected chi connectivity index (χ0v) is 14.7. The molecule has 1 aliphatic rings. The Bertz CT molecular complexity index is 1060. The molecule has 5 nitrogen and oxygen atoms in total. The van der Waals surface area contributed by atoms with Gasteiger partial charge in [0.25, 0.3) is 5.92 Å². The summed E-state index contributed by atoms with van der Waals surface area (Å²) in [7, 11) is 0. The molecule has 0 bridgehead atoms. The lowest BCUT2D eigenvalue weighted by molar-refractivity contribution is -0.124. The van der Waals surface area contributed by atoms with Crippen molar-refractivity contribution in [3.63, 3.8) is 0 Å². The maximum atomic E-state index is 14.6. The van der Waals surface area contributed by atoms with Crippen LogP contribution < -0.4 is 9.64 Å². The summed E-state index contributed by atoms with van der Waals surface area (Å²) in [6, 6.07) is 4.98. The quantitative estimate of drug-likeness (QED) is 0.484. The van der Waals surface area contributed by atoms with Crippen molar-refractivity contribution in [3.05, 3.63) is 60.1 Å². The molecule has 1 saturated heterocycles. The Balaban J connectivity index is 1.63. The minimum absolute atomic E-state index is 0.00319. The molecule has 1 atom stereocenters. The average Bonchev–Trinajstić information content (AvgIpc) is 3.08. The second-order valence-electron chi connectivity index (χ2n) is 6.70. The topological polar surface area (TPSA) is 46.8 Å². The van der Waals surface area contributed by atoms with Gasteiger partial charge in [0.15, 0.2) is 18.2 Å². The maximum absolute atomic E-state index is 14.6. The van der Waals surface area contributed by atoms with Crippen LogP contribution in [0.2, 0.25) is 0 Å². The van der Waals surface area contributed by atoms with E-state index in [0.717, 1.165) is 6.07 Å². The van der Waals surface area contributed by atoms with Gasteiger partial charge < -0.3 is 14.0 Å². The molecule has 9 heteroatoms. The van der Waals surface area contributed by atoms with Gasteiger partial charge in [-0.3, -0.25) is 4.79 Å². The summed E-state index contributed by atoms with van der Waals surface area (Å²) in [6.07, 6.45) is 5.05. The number of hydrogen-bond donors (Lipinski definition) is 0. The molecule has 0 radical (unpaired) electrons. The lowest BCUT2D eigenvalue weighted by atomic mass is 9.92. The Hall–Kier alpha value is -3.10. The number of rotatable bonds is 5. The van der Waals surface area contributed by atoms with E-state index in [4.69, 9.17) is 0 Å². The van der Waals surface area contributed by atoms with Gasteiger partial charge in [0, 0.05) is 42.8 Å². The highest BCUT2D eigenvalue weighted by Gasteiger charge is 2.40. The smallest absolute Gasteiger partial charge is 0.278 e. The highest BCUT2D eigenvalue weighted by atomic mass is 19.3. The molecule has 0 unspecified atom stereocenters. The predicted molar refractivity (Wildman–Crippen MR) is 92.5 cm³/mol. The number of halogens is 4. The standard InChI is InChI=1S/C19H15F4N3O2/c1-19(22,23)10-28-14-3-2-12(17(20)18(14)21)13-9-16(27)26(13)11-4-6-25-7-5-24-15(25)8-11/h2-8,13H,9-10H2,1H3/t13-/m0/s1. The zero-order valence-electron chi connectivity index (χ0n) is 14.7. The Morgan fingerprint density at radius 1 is 1.21 bits per heavy atom. The number of anilines is 1. The monoisotopic (exact) mass is 393 g/mol. The summed E-state index contributed by atoms with van der Waals surface area (Å²) in [6.45, 7) is -0.453. The number of benzene rings is 1. The first kappa shape index (κ1) is 18.3. The molecule has 0 aliphatic carbocycles. The number of pyridine rings is 1. The molecule has 146 valence electrons. The van der Waals surface area contributed by atoms with Gasteiger partial charge in [0.1, 0.15) is 5.65 Å². The third-order valence-electron chi connectivity index (χ3n) is 4.52. The molecule has 3 aromatic rings. The van der Waals surface area contributed by atoms with Crippen molar-refractivity contribution < 1.29 is 27.1 Å². The highest BCUT2D eigenvalue weighted by Crippen LogP contribution is 2.41. The molecule has 1 amide bonds. The molecule has 3 heterocycles. The van der Waals surface area contributed by atoms with E-state index in [9.17, 15) is 22.4 Å². The van der Waals surface area contributed by atoms with Gasteiger partial charge in [0.2, 0.25) is 11.7 Å². The second kappa shape index (κ2) is 6.50. The third-order valence-corrected chi connectivity index (χ3v) is 4.52. The van der Waals surface area contributed by atoms with Gasteiger partial charge in [-0.25, -0.2) is 18.2 Å². The van der Waals surface area contributed by atoms with Gasteiger partial charge in [-0.15, -0.1) is 0 Å². The van der Waals surface area contributed by atoms with E-state index in [0.29, 0.717) is 18.3 Å². The van der Waals surface area contributed by atoms with Crippen molar-refractivity contribution in [2.75, 3.05) is 11.5 Å². The number of carbonyl (C=O) groups excluding carboxylic acids is 1. The molecule has 1 aromatic carbocycles. The number of β-lactam (4-membered cyclic amide) rings is 1. The summed E-state index contributed by atoms with van der Waals surface area (Å²) >= 11 is 0. The summed E-state index contributed by atoms with van der Waals surface area (Å²) < 4.78 is 61.1.